The van der Waals surface area contributed by atoms with Crippen molar-refractivity contribution in [3.05, 3.63) is 29.3 Å². The molecule has 1 atom stereocenters. The molecule has 3 rings (SSSR count). The molecule has 2 fully saturated rings. The van der Waals surface area contributed by atoms with Crippen LogP contribution in [0.25, 0.3) is 0 Å². The lowest BCUT2D eigenvalue weighted by Gasteiger charge is -2.31. The first-order valence-corrected chi connectivity index (χ1v) is 11.2. The zero-order valence-corrected chi connectivity index (χ0v) is 16.7. The Hall–Kier alpha value is -1.40. The van der Waals surface area contributed by atoms with Crippen molar-refractivity contribution in [3.63, 3.8) is 0 Å². The molecule has 5 nitrogen and oxygen atoms in total. The van der Waals surface area contributed by atoms with Crippen molar-refractivity contribution < 1.29 is 13.2 Å². The first kappa shape index (κ1) is 19.4. The van der Waals surface area contributed by atoms with Gasteiger partial charge in [0.05, 0.1) is 4.90 Å². The van der Waals surface area contributed by atoms with E-state index in [-0.39, 0.29) is 10.8 Å². The van der Waals surface area contributed by atoms with Gasteiger partial charge in [-0.3, -0.25) is 4.79 Å². The summed E-state index contributed by atoms with van der Waals surface area (Å²) in [5, 5.41) is 0. The maximum Gasteiger partial charge on any atom is 0.254 e. The summed E-state index contributed by atoms with van der Waals surface area (Å²) >= 11 is 0. The van der Waals surface area contributed by atoms with Crippen molar-refractivity contribution in [1.29, 1.82) is 0 Å². The molecule has 6 heteroatoms. The molecule has 1 aromatic rings. The van der Waals surface area contributed by atoms with Crippen molar-refractivity contribution in [3.8, 4) is 0 Å². The Morgan fingerprint density at radius 2 is 1.73 bits per heavy atom. The maximum atomic E-state index is 13.1. The summed E-state index contributed by atoms with van der Waals surface area (Å²) in [6.45, 7) is 6.69. The average molecular weight is 379 g/mol. The van der Waals surface area contributed by atoms with Crippen LogP contribution in [0, 0.1) is 12.8 Å². The van der Waals surface area contributed by atoms with Crippen molar-refractivity contribution in [1.82, 2.24) is 9.21 Å². The first-order valence-electron chi connectivity index (χ1n) is 9.79. The summed E-state index contributed by atoms with van der Waals surface area (Å²) in [5.74, 6) is 0.457. The van der Waals surface area contributed by atoms with Crippen molar-refractivity contribution in [2.45, 2.75) is 57.3 Å². The van der Waals surface area contributed by atoms with Crippen molar-refractivity contribution in [2.24, 2.45) is 5.92 Å². The van der Waals surface area contributed by atoms with E-state index in [1.807, 2.05) is 11.8 Å². The predicted molar refractivity (Wildman–Crippen MR) is 103 cm³/mol. The summed E-state index contributed by atoms with van der Waals surface area (Å²) in [5.41, 5.74) is 1.36. The molecular weight excluding hydrogens is 348 g/mol. The van der Waals surface area contributed by atoms with Gasteiger partial charge in [-0.15, -0.1) is 0 Å². The number of nitrogens with zero attached hydrogens (tertiary/aromatic N) is 2. The van der Waals surface area contributed by atoms with E-state index in [2.05, 4.69) is 6.92 Å². The summed E-state index contributed by atoms with van der Waals surface area (Å²) in [7, 11) is -3.54. The van der Waals surface area contributed by atoms with Crippen LogP contribution in [-0.4, -0.2) is 49.7 Å². The average Bonchev–Trinajstić information content (AvgIpc) is 2.91. The van der Waals surface area contributed by atoms with E-state index in [0.29, 0.717) is 24.6 Å². The molecule has 0 spiro atoms. The quantitative estimate of drug-likeness (QED) is 0.810. The smallest absolute Gasteiger partial charge is 0.254 e. The molecule has 2 heterocycles. The molecular formula is C20H30N2O3S. The normalized spacial score (nSPS) is 22.8. The van der Waals surface area contributed by atoms with E-state index < -0.39 is 10.0 Å². The summed E-state index contributed by atoms with van der Waals surface area (Å²) < 4.78 is 27.7. The van der Waals surface area contributed by atoms with E-state index in [0.717, 1.165) is 57.2 Å². The van der Waals surface area contributed by atoms with Gasteiger partial charge in [0.15, 0.2) is 0 Å². The van der Waals surface area contributed by atoms with Crippen LogP contribution >= 0.6 is 0 Å². The summed E-state index contributed by atoms with van der Waals surface area (Å²) in [6.07, 6.45) is 6.13. The molecule has 26 heavy (non-hydrogen) atoms. The Labute approximate surface area is 157 Å². The molecule has 0 aliphatic carbocycles. The van der Waals surface area contributed by atoms with E-state index in [1.54, 1.807) is 22.5 Å². The lowest BCUT2D eigenvalue weighted by molar-refractivity contribution is 0.0682. The summed E-state index contributed by atoms with van der Waals surface area (Å²) in [6, 6.07) is 5.01. The van der Waals surface area contributed by atoms with Crippen LogP contribution in [-0.2, 0) is 10.0 Å². The molecule has 0 N–H and O–H groups in total. The second-order valence-electron chi connectivity index (χ2n) is 7.79. The highest BCUT2D eigenvalue weighted by Gasteiger charge is 2.28. The molecule has 0 radical (unpaired) electrons. The van der Waals surface area contributed by atoms with Gasteiger partial charge in [0.25, 0.3) is 5.91 Å². The first-order chi connectivity index (χ1) is 12.4. The van der Waals surface area contributed by atoms with Crippen LogP contribution in [0.4, 0.5) is 0 Å². The van der Waals surface area contributed by atoms with Crippen LogP contribution in [0.3, 0.4) is 0 Å². The number of piperidine rings is 1. The molecule has 0 saturated carbocycles. The fraction of sp³-hybridized carbons (Fsp3) is 0.650. The molecule has 2 aliphatic heterocycles. The van der Waals surface area contributed by atoms with Gasteiger partial charge in [-0.25, -0.2) is 8.42 Å². The van der Waals surface area contributed by atoms with Crippen LogP contribution in [0.5, 0.6) is 0 Å². The van der Waals surface area contributed by atoms with E-state index >= 15 is 0 Å². The number of likely N-dealkylation sites (tertiary alicyclic amines) is 1. The SMILES string of the molecule is Cc1ccc(S(=O)(=O)N2CCCCCC2)cc1C(=O)N1CCC[C@H](C)C1. The molecule has 0 unspecified atom stereocenters. The van der Waals surface area contributed by atoms with E-state index in [4.69, 9.17) is 0 Å². The number of sulfonamides is 1. The van der Waals surface area contributed by atoms with E-state index in [9.17, 15) is 13.2 Å². The number of carbonyl (C=O) groups is 1. The van der Waals surface area contributed by atoms with Crippen LogP contribution < -0.4 is 0 Å². The molecule has 144 valence electrons. The van der Waals surface area contributed by atoms with Crippen LogP contribution in [0.2, 0.25) is 0 Å². The monoisotopic (exact) mass is 378 g/mol. The lowest BCUT2D eigenvalue weighted by atomic mass is 9.99. The second-order valence-corrected chi connectivity index (χ2v) is 9.73. The molecule has 0 aromatic heterocycles. The Bertz CT molecular complexity index is 752. The van der Waals surface area contributed by atoms with Gasteiger partial charge in [0.1, 0.15) is 0 Å². The van der Waals surface area contributed by atoms with Gasteiger partial charge in [0.2, 0.25) is 10.0 Å². The molecule has 1 amide bonds. The number of hydrogen-bond donors (Lipinski definition) is 0. The number of rotatable bonds is 3. The molecule has 0 bridgehead atoms. The maximum absolute atomic E-state index is 13.1. The van der Waals surface area contributed by atoms with Crippen LogP contribution in [0.1, 0.15) is 61.4 Å². The van der Waals surface area contributed by atoms with E-state index in [1.165, 1.54) is 0 Å². The van der Waals surface area contributed by atoms with Gasteiger partial charge in [0, 0.05) is 31.7 Å². The zero-order valence-electron chi connectivity index (χ0n) is 15.9. The molecule has 2 aliphatic rings. The molecule has 1 aromatic carbocycles. The van der Waals surface area contributed by atoms with Gasteiger partial charge >= 0.3 is 0 Å². The third-order valence-corrected chi connectivity index (χ3v) is 7.48. The third-order valence-electron chi connectivity index (χ3n) is 5.59. The zero-order chi connectivity index (χ0) is 18.7. The molecule has 2 saturated heterocycles. The number of aryl methyl sites for hydroxylation is 1. The fourth-order valence-electron chi connectivity index (χ4n) is 3.97. The number of hydrogen-bond acceptors (Lipinski definition) is 3. The van der Waals surface area contributed by atoms with Gasteiger partial charge < -0.3 is 4.90 Å². The van der Waals surface area contributed by atoms with Crippen molar-refractivity contribution in [2.75, 3.05) is 26.2 Å². The Morgan fingerprint density at radius 3 is 2.38 bits per heavy atom. The summed E-state index contributed by atoms with van der Waals surface area (Å²) in [4.78, 5) is 15.1. The standard InChI is InChI=1S/C20H30N2O3S/c1-16-8-7-11-21(15-16)20(23)19-14-18(10-9-17(19)2)26(24,25)22-12-5-3-4-6-13-22/h9-10,14,16H,3-8,11-13,15H2,1-2H3/t16-/m0/s1. The fourth-order valence-corrected chi connectivity index (χ4v) is 5.51. The second kappa shape index (κ2) is 8.09. The van der Waals surface area contributed by atoms with Crippen LogP contribution in [0.15, 0.2) is 23.1 Å². The minimum absolute atomic E-state index is 0.0398. The predicted octanol–water partition coefficient (Wildman–Crippen LogP) is 3.43. The van der Waals surface area contributed by atoms with Crippen molar-refractivity contribution >= 4 is 15.9 Å². The minimum Gasteiger partial charge on any atom is -0.338 e. The number of amides is 1. The topological polar surface area (TPSA) is 57.7 Å². The van der Waals surface area contributed by atoms with Gasteiger partial charge in [-0.1, -0.05) is 25.8 Å². The van der Waals surface area contributed by atoms with Gasteiger partial charge in [-0.05, 0) is 56.2 Å². The highest BCUT2D eigenvalue weighted by atomic mass is 32.2. The third kappa shape index (κ3) is 4.12. The minimum atomic E-state index is -3.54. The van der Waals surface area contributed by atoms with Gasteiger partial charge in [-0.2, -0.15) is 4.31 Å². The highest BCUT2D eigenvalue weighted by molar-refractivity contribution is 7.89. The largest absolute Gasteiger partial charge is 0.338 e. The Morgan fingerprint density at radius 1 is 1.04 bits per heavy atom. The number of carbonyl (C=O) groups excluding carboxylic acids is 1. The highest BCUT2D eigenvalue weighted by Crippen LogP contribution is 2.25. The Kier molecular flexibility index (Phi) is 6.03. The number of benzene rings is 1. The lowest BCUT2D eigenvalue weighted by Crippen LogP contribution is -2.39. The Balaban J connectivity index is 1.88.